The van der Waals surface area contributed by atoms with Gasteiger partial charge in [-0.05, 0) is 48.7 Å². The largest absolute Gasteiger partial charge is 0.489 e. The minimum Gasteiger partial charge on any atom is -0.489 e. The molecule has 1 atom stereocenters. The summed E-state index contributed by atoms with van der Waals surface area (Å²) in [6.07, 6.45) is 5.30. The van der Waals surface area contributed by atoms with Gasteiger partial charge < -0.3 is 14.8 Å². The van der Waals surface area contributed by atoms with Gasteiger partial charge in [0.2, 0.25) is 0 Å². The van der Waals surface area contributed by atoms with Gasteiger partial charge in [-0.1, -0.05) is 60.7 Å². The van der Waals surface area contributed by atoms with Gasteiger partial charge in [-0.25, -0.2) is 4.68 Å². The summed E-state index contributed by atoms with van der Waals surface area (Å²) in [7, 11) is 0. The SMILES string of the molecule is N#CC(=Cc1cn(-c2ccccc2)nc1-c1cccc(OCc2ccccc2)c1)C(=O)NCC1CCCO1. The molecule has 1 unspecified atom stereocenters. The first-order valence-electron chi connectivity index (χ1n) is 12.6. The Morgan fingerprint density at radius 3 is 2.63 bits per heavy atom. The van der Waals surface area contributed by atoms with Gasteiger partial charge in [-0.2, -0.15) is 10.4 Å². The van der Waals surface area contributed by atoms with Crippen LogP contribution in [0, 0.1) is 11.3 Å². The molecule has 0 spiro atoms. The summed E-state index contributed by atoms with van der Waals surface area (Å²) in [5.41, 5.74) is 4.05. The fourth-order valence-corrected chi connectivity index (χ4v) is 4.32. The van der Waals surface area contributed by atoms with Gasteiger partial charge in [0.15, 0.2) is 0 Å². The van der Waals surface area contributed by atoms with Crippen LogP contribution in [0.3, 0.4) is 0 Å². The lowest BCUT2D eigenvalue weighted by Crippen LogP contribution is -2.32. The van der Waals surface area contributed by atoms with Crippen LogP contribution in [-0.4, -0.2) is 34.9 Å². The number of hydrogen-bond acceptors (Lipinski definition) is 5. The molecule has 1 aliphatic heterocycles. The van der Waals surface area contributed by atoms with E-state index in [4.69, 9.17) is 14.6 Å². The van der Waals surface area contributed by atoms with Crippen molar-refractivity contribution in [3.05, 3.63) is 108 Å². The third-order valence-corrected chi connectivity index (χ3v) is 6.30. The van der Waals surface area contributed by atoms with Gasteiger partial charge in [0.1, 0.15) is 29.7 Å². The number of ether oxygens (including phenoxy) is 2. The van der Waals surface area contributed by atoms with Gasteiger partial charge in [-0.3, -0.25) is 4.79 Å². The van der Waals surface area contributed by atoms with E-state index < -0.39 is 5.91 Å². The maximum absolute atomic E-state index is 12.8. The van der Waals surface area contributed by atoms with Gasteiger partial charge in [-0.15, -0.1) is 0 Å². The maximum Gasteiger partial charge on any atom is 0.262 e. The number of carbonyl (C=O) groups is 1. The van der Waals surface area contributed by atoms with Crippen LogP contribution in [0.4, 0.5) is 0 Å². The van der Waals surface area contributed by atoms with Crippen molar-refractivity contribution in [3.63, 3.8) is 0 Å². The van der Waals surface area contributed by atoms with Crippen molar-refractivity contribution in [2.24, 2.45) is 0 Å². The maximum atomic E-state index is 12.8. The Labute approximate surface area is 221 Å². The zero-order valence-electron chi connectivity index (χ0n) is 20.9. The van der Waals surface area contributed by atoms with E-state index in [0.717, 1.165) is 29.7 Å². The number of benzene rings is 3. The molecule has 7 nitrogen and oxygen atoms in total. The molecule has 190 valence electrons. The topological polar surface area (TPSA) is 89.2 Å². The lowest BCUT2D eigenvalue weighted by molar-refractivity contribution is -0.117. The Morgan fingerprint density at radius 2 is 1.89 bits per heavy atom. The van der Waals surface area contributed by atoms with Crippen LogP contribution in [0.2, 0.25) is 0 Å². The molecule has 1 saturated heterocycles. The highest BCUT2D eigenvalue weighted by atomic mass is 16.5. The number of aromatic nitrogens is 2. The molecule has 1 N–H and O–H groups in total. The number of amides is 1. The number of hydrogen-bond donors (Lipinski definition) is 1. The molecule has 2 heterocycles. The molecule has 0 bridgehead atoms. The number of carbonyl (C=O) groups excluding carboxylic acids is 1. The van der Waals surface area contributed by atoms with Gasteiger partial charge >= 0.3 is 0 Å². The average molecular weight is 505 g/mol. The molecule has 4 aromatic rings. The van der Waals surface area contributed by atoms with E-state index in [-0.39, 0.29) is 11.7 Å². The zero-order valence-corrected chi connectivity index (χ0v) is 20.9. The van der Waals surface area contributed by atoms with Crippen molar-refractivity contribution in [2.75, 3.05) is 13.2 Å². The van der Waals surface area contributed by atoms with Crippen molar-refractivity contribution in [2.45, 2.75) is 25.6 Å². The average Bonchev–Trinajstić information content (AvgIpc) is 3.65. The van der Waals surface area contributed by atoms with Crippen LogP contribution in [0.15, 0.2) is 96.7 Å². The second kappa shape index (κ2) is 12.0. The van der Waals surface area contributed by atoms with Crippen molar-refractivity contribution in [3.8, 4) is 28.8 Å². The first kappa shape index (κ1) is 25.0. The molecule has 0 radical (unpaired) electrons. The summed E-state index contributed by atoms with van der Waals surface area (Å²) in [5, 5.41) is 17.5. The van der Waals surface area contributed by atoms with Gasteiger partial charge in [0.05, 0.1) is 11.8 Å². The first-order valence-corrected chi connectivity index (χ1v) is 12.6. The van der Waals surface area contributed by atoms with Crippen molar-refractivity contribution in [1.29, 1.82) is 5.26 Å². The highest BCUT2D eigenvalue weighted by Gasteiger charge is 2.19. The third-order valence-electron chi connectivity index (χ3n) is 6.30. The first-order chi connectivity index (χ1) is 18.7. The molecule has 38 heavy (non-hydrogen) atoms. The number of nitrogens with one attached hydrogen (secondary N) is 1. The molecule has 7 heteroatoms. The number of para-hydroxylation sites is 1. The number of rotatable bonds is 9. The van der Waals surface area contributed by atoms with Crippen molar-refractivity contribution in [1.82, 2.24) is 15.1 Å². The standard InChI is InChI=1S/C31H28N4O3/c32-19-25(31(36)33-20-29-15-8-16-37-29)17-26-21-35(27-12-5-2-6-13-27)34-30(26)24-11-7-14-28(18-24)38-22-23-9-3-1-4-10-23/h1-7,9-14,17-18,21,29H,8,15-16,20,22H2,(H,33,36). The second-order valence-corrected chi connectivity index (χ2v) is 9.03. The van der Waals surface area contributed by atoms with E-state index >= 15 is 0 Å². The third kappa shape index (κ3) is 6.17. The molecule has 0 aliphatic carbocycles. The monoisotopic (exact) mass is 504 g/mol. The van der Waals surface area contributed by atoms with Crippen LogP contribution >= 0.6 is 0 Å². The number of nitriles is 1. The normalized spacial score (nSPS) is 15.1. The van der Waals surface area contributed by atoms with Crippen LogP contribution in [0.5, 0.6) is 5.75 Å². The second-order valence-electron chi connectivity index (χ2n) is 9.03. The Balaban J connectivity index is 1.44. The molecular weight excluding hydrogens is 476 g/mol. The Morgan fingerprint density at radius 1 is 1.11 bits per heavy atom. The summed E-state index contributed by atoms with van der Waals surface area (Å²) in [5.74, 6) is 0.270. The predicted octanol–water partition coefficient (Wildman–Crippen LogP) is 5.32. The predicted molar refractivity (Wildman–Crippen MR) is 145 cm³/mol. The summed E-state index contributed by atoms with van der Waals surface area (Å²) in [4.78, 5) is 12.8. The molecular formula is C31H28N4O3. The molecule has 1 amide bonds. The lowest BCUT2D eigenvalue weighted by Gasteiger charge is -2.10. The summed E-state index contributed by atoms with van der Waals surface area (Å²) >= 11 is 0. The zero-order chi connectivity index (χ0) is 26.2. The smallest absolute Gasteiger partial charge is 0.262 e. The van der Waals surface area contributed by atoms with Crippen molar-refractivity contribution >= 4 is 12.0 Å². The highest BCUT2D eigenvalue weighted by Crippen LogP contribution is 2.29. The molecule has 3 aromatic carbocycles. The van der Waals surface area contributed by atoms with Crippen LogP contribution in [0.1, 0.15) is 24.0 Å². The summed E-state index contributed by atoms with van der Waals surface area (Å²) in [6.45, 7) is 1.53. The summed E-state index contributed by atoms with van der Waals surface area (Å²) in [6, 6.07) is 29.4. The fraction of sp³-hybridized carbons (Fsp3) is 0.194. The van der Waals surface area contributed by atoms with Crippen molar-refractivity contribution < 1.29 is 14.3 Å². The van der Waals surface area contributed by atoms with Gasteiger partial charge in [0, 0.05) is 30.5 Å². The highest BCUT2D eigenvalue weighted by molar-refractivity contribution is 6.02. The van der Waals surface area contributed by atoms with Crippen LogP contribution in [-0.2, 0) is 16.1 Å². The van der Waals surface area contributed by atoms with Crippen LogP contribution < -0.4 is 10.1 Å². The van der Waals surface area contributed by atoms with E-state index in [1.54, 1.807) is 10.8 Å². The Hall–Kier alpha value is -4.67. The fourth-order valence-electron chi connectivity index (χ4n) is 4.32. The lowest BCUT2D eigenvalue weighted by atomic mass is 10.1. The van der Waals surface area contributed by atoms with E-state index in [2.05, 4.69) is 5.32 Å². The molecule has 1 fully saturated rings. The van der Waals surface area contributed by atoms with E-state index in [0.29, 0.717) is 36.8 Å². The molecule has 0 saturated carbocycles. The van der Waals surface area contributed by atoms with E-state index in [9.17, 15) is 10.1 Å². The molecule has 1 aromatic heterocycles. The van der Waals surface area contributed by atoms with Crippen LogP contribution in [0.25, 0.3) is 23.0 Å². The molecule has 5 rings (SSSR count). The van der Waals surface area contributed by atoms with E-state index in [1.165, 1.54) is 0 Å². The Kier molecular flexibility index (Phi) is 7.92. The minimum atomic E-state index is -0.429. The molecule has 1 aliphatic rings. The number of nitrogens with zero attached hydrogens (tertiary/aromatic N) is 3. The quantitative estimate of drug-likeness (QED) is 0.246. The van der Waals surface area contributed by atoms with E-state index in [1.807, 2.05) is 97.2 Å². The Bertz CT molecular complexity index is 1450. The summed E-state index contributed by atoms with van der Waals surface area (Å²) < 4.78 is 13.4. The van der Waals surface area contributed by atoms with Gasteiger partial charge in [0.25, 0.3) is 5.91 Å². The minimum absolute atomic E-state index is 0.00564.